The first-order valence-electron chi connectivity index (χ1n) is 5.78. The van der Waals surface area contributed by atoms with E-state index in [-0.39, 0.29) is 5.97 Å². The van der Waals surface area contributed by atoms with E-state index >= 15 is 0 Å². The highest BCUT2D eigenvalue weighted by molar-refractivity contribution is 5.81. The van der Waals surface area contributed by atoms with Gasteiger partial charge in [-0.15, -0.1) is 0 Å². The van der Waals surface area contributed by atoms with E-state index in [1.807, 2.05) is 28.9 Å². The lowest BCUT2D eigenvalue weighted by atomic mass is 10.0. The number of nitrogens with zero attached hydrogens (tertiary/aromatic N) is 2. The van der Waals surface area contributed by atoms with Gasteiger partial charge < -0.3 is 10.1 Å². The fourth-order valence-corrected chi connectivity index (χ4v) is 1.92. The Bertz CT molecular complexity index is 564. The van der Waals surface area contributed by atoms with Gasteiger partial charge in [0.1, 0.15) is 5.54 Å². The molecule has 1 atom stereocenters. The highest BCUT2D eigenvalue weighted by Crippen LogP contribution is 2.16. The molecule has 5 heteroatoms. The minimum absolute atomic E-state index is 0.301. The second-order valence-corrected chi connectivity index (χ2v) is 4.43. The van der Waals surface area contributed by atoms with Crippen LogP contribution in [0.1, 0.15) is 6.92 Å². The van der Waals surface area contributed by atoms with E-state index < -0.39 is 5.54 Å². The number of hydrogen-bond donors (Lipinski definition) is 1. The number of para-hydroxylation sites is 1. The average Bonchev–Trinajstić information content (AvgIpc) is 2.81. The average molecular weight is 247 g/mol. The third-order valence-electron chi connectivity index (χ3n) is 3.20. The molecular formula is C13H17N3O2. The predicted octanol–water partition coefficient (Wildman–Crippen LogP) is 1.19. The van der Waals surface area contributed by atoms with Crippen LogP contribution in [0.25, 0.3) is 10.9 Å². The summed E-state index contributed by atoms with van der Waals surface area (Å²) in [4.78, 5) is 11.8. The van der Waals surface area contributed by atoms with Crippen molar-refractivity contribution in [1.82, 2.24) is 15.1 Å². The molecule has 0 spiro atoms. The molecule has 1 unspecified atom stereocenters. The van der Waals surface area contributed by atoms with Crippen LogP contribution in [0.3, 0.4) is 0 Å². The maximum Gasteiger partial charge on any atom is 0.327 e. The van der Waals surface area contributed by atoms with Gasteiger partial charge in [-0.05, 0) is 20.0 Å². The van der Waals surface area contributed by atoms with Gasteiger partial charge in [-0.2, -0.15) is 5.10 Å². The Labute approximate surface area is 106 Å². The Morgan fingerprint density at radius 1 is 1.50 bits per heavy atom. The second-order valence-electron chi connectivity index (χ2n) is 4.43. The zero-order valence-corrected chi connectivity index (χ0v) is 10.8. The quantitative estimate of drug-likeness (QED) is 0.824. The molecule has 1 aromatic carbocycles. The standard InChI is InChI=1S/C13H17N3O2/c1-13(14-2,12(17)18-3)9-16-11-7-5-4-6-10(11)8-15-16/h4-8,14H,9H2,1-3H3. The summed E-state index contributed by atoms with van der Waals surface area (Å²) < 4.78 is 6.63. The number of carbonyl (C=O) groups is 1. The topological polar surface area (TPSA) is 56.2 Å². The predicted molar refractivity (Wildman–Crippen MR) is 69.2 cm³/mol. The van der Waals surface area contributed by atoms with Crippen molar-refractivity contribution in [1.29, 1.82) is 0 Å². The molecule has 1 aromatic heterocycles. The van der Waals surface area contributed by atoms with Crippen LogP contribution >= 0.6 is 0 Å². The molecule has 1 N–H and O–H groups in total. The van der Waals surface area contributed by atoms with Crippen molar-refractivity contribution in [2.45, 2.75) is 19.0 Å². The van der Waals surface area contributed by atoms with E-state index in [1.165, 1.54) is 7.11 Å². The first kappa shape index (κ1) is 12.6. The molecule has 2 rings (SSSR count). The van der Waals surface area contributed by atoms with Crippen LogP contribution in [0.15, 0.2) is 30.5 Å². The van der Waals surface area contributed by atoms with E-state index in [1.54, 1.807) is 20.2 Å². The molecule has 2 aromatic rings. The highest BCUT2D eigenvalue weighted by atomic mass is 16.5. The molecule has 1 heterocycles. The monoisotopic (exact) mass is 247 g/mol. The van der Waals surface area contributed by atoms with Crippen LogP contribution < -0.4 is 5.32 Å². The van der Waals surface area contributed by atoms with Crippen molar-refractivity contribution in [2.24, 2.45) is 0 Å². The molecule has 96 valence electrons. The molecule has 0 saturated carbocycles. The van der Waals surface area contributed by atoms with Crippen LogP contribution in [0.5, 0.6) is 0 Å². The van der Waals surface area contributed by atoms with Gasteiger partial charge >= 0.3 is 5.97 Å². The lowest BCUT2D eigenvalue weighted by Crippen LogP contribution is -2.51. The maximum absolute atomic E-state index is 11.8. The molecule has 0 aliphatic carbocycles. The molecule has 0 saturated heterocycles. The van der Waals surface area contributed by atoms with Gasteiger partial charge in [0.2, 0.25) is 0 Å². The number of carbonyl (C=O) groups excluding carboxylic acids is 1. The molecular weight excluding hydrogens is 230 g/mol. The number of ether oxygens (including phenoxy) is 1. The Balaban J connectivity index is 2.35. The molecule has 0 bridgehead atoms. The van der Waals surface area contributed by atoms with Crippen LogP contribution in [-0.2, 0) is 16.1 Å². The maximum atomic E-state index is 11.8. The number of hydrogen-bond acceptors (Lipinski definition) is 4. The smallest absolute Gasteiger partial charge is 0.327 e. The SMILES string of the molecule is CNC(C)(Cn1ncc2ccccc21)C(=O)OC. The molecule has 0 radical (unpaired) electrons. The first-order chi connectivity index (χ1) is 8.60. The van der Waals surface area contributed by atoms with Gasteiger partial charge in [-0.3, -0.25) is 4.68 Å². The first-order valence-corrected chi connectivity index (χ1v) is 5.78. The van der Waals surface area contributed by atoms with Crippen LogP contribution in [-0.4, -0.2) is 35.4 Å². The summed E-state index contributed by atoms with van der Waals surface area (Å²) in [5.41, 5.74) is 0.215. The fourth-order valence-electron chi connectivity index (χ4n) is 1.92. The number of benzene rings is 1. The van der Waals surface area contributed by atoms with E-state index in [4.69, 9.17) is 4.74 Å². The van der Waals surface area contributed by atoms with Crippen molar-refractivity contribution in [3.8, 4) is 0 Å². The van der Waals surface area contributed by atoms with Crippen molar-refractivity contribution in [3.05, 3.63) is 30.5 Å². The van der Waals surface area contributed by atoms with Gasteiger partial charge in [-0.1, -0.05) is 18.2 Å². The summed E-state index contributed by atoms with van der Waals surface area (Å²) in [5, 5.41) is 8.37. The summed E-state index contributed by atoms with van der Waals surface area (Å²) in [6.07, 6.45) is 1.79. The Morgan fingerprint density at radius 3 is 2.89 bits per heavy atom. The Kier molecular flexibility index (Phi) is 3.34. The Morgan fingerprint density at radius 2 is 2.22 bits per heavy atom. The zero-order valence-electron chi connectivity index (χ0n) is 10.8. The number of methoxy groups -OCH3 is 1. The lowest BCUT2D eigenvalue weighted by Gasteiger charge is -2.26. The largest absolute Gasteiger partial charge is 0.468 e. The number of likely N-dealkylation sites (N-methyl/N-ethyl adjacent to an activating group) is 1. The van der Waals surface area contributed by atoms with Gasteiger partial charge in [-0.25, -0.2) is 4.79 Å². The van der Waals surface area contributed by atoms with Gasteiger partial charge in [0.05, 0.1) is 25.4 Å². The lowest BCUT2D eigenvalue weighted by molar-refractivity contribution is -0.148. The van der Waals surface area contributed by atoms with Crippen LogP contribution in [0.2, 0.25) is 0 Å². The molecule has 5 nitrogen and oxygen atoms in total. The number of nitrogens with one attached hydrogen (secondary N) is 1. The van der Waals surface area contributed by atoms with Crippen molar-refractivity contribution in [3.63, 3.8) is 0 Å². The second kappa shape index (κ2) is 4.78. The van der Waals surface area contributed by atoms with Gasteiger partial charge in [0, 0.05) is 5.39 Å². The van der Waals surface area contributed by atoms with Gasteiger partial charge in [0.25, 0.3) is 0 Å². The molecule has 0 fully saturated rings. The normalized spacial score (nSPS) is 14.4. The molecule has 18 heavy (non-hydrogen) atoms. The zero-order chi connectivity index (χ0) is 13.2. The minimum Gasteiger partial charge on any atom is -0.468 e. The number of esters is 1. The summed E-state index contributed by atoms with van der Waals surface area (Å²) in [7, 11) is 3.13. The van der Waals surface area contributed by atoms with E-state index in [9.17, 15) is 4.79 Å². The fraction of sp³-hybridized carbons (Fsp3) is 0.385. The van der Waals surface area contributed by atoms with Crippen molar-refractivity contribution >= 4 is 16.9 Å². The third-order valence-corrected chi connectivity index (χ3v) is 3.20. The summed E-state index contributed by atoms with van der Waals surface area (Å²) in [6, 6.07) is 7.89. The summed E-state index contributed by atoms with van der Waals surface area (Å²) >= 11 is 0. The minimum atomic E-state index is -0.788. The van der Waals surface area contributed by atoms with E-state index in [0.717, 1.165) is 10.9 Å². The number of fused-ring (bicyclic) bond motifs is 1. The third kappa shape index (κ3) is 2.09. The van der Waals surface area contributed by atoms with E-state index in [2.05, 4.69) is 10.4 Å². The molecule has 0 aliphatic heterocycles. The summed E-state index contributed by atoms with van der Waals surface area (Å²) in [6.45, 7) is 2.22. The van der Waals surface area contributed by atoms with Crippen molar-refractivity contribution in [2.75, 3.05) is 14.2 Å². The van der Waals surface area contributed by atoms with Crippen LogP contribution in [0.4, 0.5) is 0 Å². The Hall–Kier alpha value is -1.88. The molecule has 0 aliphatic rings. The van der Waals surface area contributed by atoms with Gasteiger partial charge in [0.15, 0.2) is 0 Å². The number of rotatable bonds is 4. The number of aromatic nitrogens is 2. The van der Waals surface area contributed by atoms with Crippen molar-refractivity contribution < 1.29 is 9.53 Å². The molecule has 0 amide bonds. The van der Waals surface area contributed by atoms with E-state index in [0.29, 0.717) is 6.54 Å². The summed E-state index contributed by atoms with van der Waals surface area (Å²) in [5.74, 6) is -0.301. The highest BCUT2D eigenvalue weighted by Gasteiger charge is 2.33. The van der Waals surface area contributed by atoms with Crippen LogP contribution in [0, 0.1) is 0 Å².